The summed E-state index contributed by atoms with van der Waals surface area (Å²) in [5.74, 6) is 0.158. The van der Waals surface area contributed by atoms with E-state index in [0.29, 0.717) is 0 Å². The van der Waals surface area contributed by atoms with Crippen LogP contribution < -0.4 is 0 Å². The number of hydrogen-bond acceptors (Lipinski definition) is 2. The molecule has 220 valence electrons. The molecule has 6 aromatic rings. The molecule has 0 saturated heterocycles. The molecule has 0 aromatic heterocycles. The van der Waals surface area contributed by atoms with Crippen LogP contribution in [0.5, 0.6) is 0 Å². The lowest BCUT2D eigenvalue weighted by molar-refractivity contribution is 0.0452. The van der Waals surface area contributed by atoms with Crippen LogP contribution in [0.25, 0.3) is 33.4 Å². The Hall–Kier alpha value is -5.28. The van der Waals surface area contributed by atoms with E-state index in [-0.39, 0.29) is 11.8 Å². The topological polar surface area (TPSA) is 40.5 Å². The third-order valence-corrected chi connectivity index (χ3v) is 10.5. The van der Waals surface area contributed by atoms with Crippen molar-refractivity contribution in [2.45, 2.75) is 17.1 Å². The first-order chi connectivity index (χ1) is 22.6. The first kappa shape index (κ1) is 27.1. The minimum atomic E-state index is -1.18. The molecule has 0 spiro atoms. The summed E-state index contributed by atoms with van der Waals surface area (Å²) < 4.78 is 0. The van der Waals surface area contributed by atoms with Gasteiger partial charge in [-0.05, 0) is 55.6 Å². The predicted molar refractivity (Wildman–Crippen MR) is 185 cm³/mol. The summed E-state index contributed by atoms with van der Waals surface area (Å²) in [5.41, 5.74) is 10.2. The van der Waals surface area contributed by atoms with Crippen molar-refractivity contribution in [2.24, 2.45) is 5.92 Å². The second kappa shape index (κ2) is 10.1. The third kappa shape index (κ3) is 3.78. The van der Waals surface area contributed by atoms with Crippen molar-refractivity contribution in [3.8, 4) is 33.4 Å². The smallest absolute Gasteiger partial charge is 0.141 e. The summed E-state index contributed by atoms with van der Waals surface area (Å²) in [6, 6.07) is 49.9. The van der Waals surface area contributed by atoms with Gasteiger partial charge in [-0.2, -0.15) is 0 Å². The average Bonchev–Trinajstić information content (AvgIpc) is 3.56. The van der Waals surface area contributed by atoms with E-state index in [9.17, 15) is 10.2 Å². The van der Waals surface area contributed by atoms with Crippen LogP contribution in [0.1, 0.15) is 39.3 Å². The molecule has 9 rings (SSSR count). The highest BCUT2D eigenvalue weighted by Crippen LogP contribution is 2.55. The Labute approximate surface area is 269 Å². The quantitative estimate of drug-likeness (QED) is 0.214. The van der Waals surface area contributed by atoms with Gasteiger partial charge in [0.1, 0.15) is 11.2 Å². The Kier molecular flexibility index (Phi) is 5.95. The molecule has 0 radical (unpaired) electrons. The number of benzene rings is 6. The SMILES string of the molecule is OC1(c2ccc(-c3ccc(-c4ccc(C5(O)c6ccccc6C6C=CC=CC65)cc4)cc3)cc2)c2ccccc2-c2ccccc21. The molecule has 0 aliphatic heterocycles. The van der Waals surface area contributed by atoms with Gasteiger partial charge in [0.2, 0.25) is 0 Å². The van der Waals surface area contributed by atoms with E-state index in [4.69, 9.17) is 0 Å². The van der Waals surface area contributed by atoms with Crippen molar-refractivity contribution >= 4 is 0 Å². The van der Waals surface area contributed by atoms with Gasteiger partial charge in [-0.15, -0.1) is 0 Å². The monoisotopic (exact) mass is 592 g/mol. The van der Waals surface area contributed by atoms with Crippen LogP contribution in [0.4, 0.5) is 0 Å². The highest BCUT2D eigenvalue weighted by Gasteiger charge is 2.50. The second-order valence-electron chi connectivity index (χ2n) is 12.7. The molecule has 46 heavy (non-hydrogen) atoms. The average molecular weight is 593 g/mol. The molecule has 2 nitrogen and oxygen atoms in total. The van der Waals surface area contributed by atoms with Crippen LogP contribution >= 0.6 is 0 Å². The van der Waals surface area contributed by atoms with Crippen molar-refractivity contribution in [1.29, 1.82) is 0 Å². The largest absolute Gasteiger partial charge is 0.380 e. The van der Waals surface area contributed by atoms with Crippen LogP contribution in [0, 0.1) is 5.92 Å². The molecule has 3 atom stereocenters. The first-order valence-electron chi connectivity index (χ1n) is 16.0. The molecular weight excluding hydrogens is 560 g/mol. The minimum Gasteiger partial charge on any atom is -0.380 e. The van der Waals surface area contributed by atoms with Gasteiger partial charge in [-0.3, -0.25) is 0 Å². The van der Waals surface area contributed by atoms with E-state index in [1.807, 2.05) is 42.5 Å². The summed E-state index contributed by atoms with van der Waals surface area (Å²) >= 11 is 0. The van der Waals surface area contributed by atoms with E-state index in [0.717, 1.165) is 61.2 Å². The molecule has 3 aliphatic carbocycles. The molecule has 0 bridgehead atoms. The summed E-state index contributed by atoms with van der Waals surface area (Å²) in [7, 11) is 0. The molecule has 2 N–H and O–H groups in total. The lowest BCUT2D eigenvalue weighted by Gasteiger charge is -2.32. The molecule has 3 aliphatic rings. The summed E-state index contributed by atoms with van der Waals surface area (Å²) in [6.07, 6.45) is 8.49. The van der Waals surface area contributed by atoms with Gasteiger partial charge in [-0.25, -0.2) is 0 Å². The van der Waals surface area contributed by atoms with Gasteiger partial charge in [0.15, 0.2) is 0 Å². The van der Waals surface area contributed by atoms with Crippen LogP contribution in [-0.2, 0) is 11.2 Å². The van der Waals surface area contributed by atoms with Crippen molar-refractivity contribution in [2.75, 3.05) is 0 Å². The molecule has 0 amide bonds. The van der Waals surface area contributed by atoms with Gasteiger partial charge < -0.3 is 10.2 Å². The van der Waals surface area contributed by atoms with Gasteiger partial charge in [0, 0.05) is 23.0 Å². The lowest BCUT2D eigenvalue weighted by Crippen LogP contribution is -2.33. The van der Waals surface area contributed by atoms with Crippen LogP contribution in [-0.4, -0.2) is 10.2 Å². The number of fused-ring (bicyclic) bond motifs is 6. The summed E-state index contributed by atoms with van der Waals surface area (Å²) in [6.45, 7) is 0. The van der Waals surface area contributed by atoms with Gasteiger partial charge >= 0.3 is 0 Å². The maximum atomic E-state index is 12.2. The lowest BCUT2D eigenvalue weighted by atomic mass is 9.76. The van der Waals surface area contributed by atoms with Gasteiger partial charge in [0.25, 0.3) is 0 Å². The fraction of sp³-hybridized carbons (Fsp3) is 0.0909. The van der Waals surface area contributed by atoms with E-state index in [2.05, 4.69) is 127 Å². The third-order valence-electron chi connectivity index (χ3n) is 10.5. The maximum absolute atomic E-state index is 12.2. The van der Waals surface area contributed by atoms with Crippen LogP contribution in [0.15, 0.2) is 170 Å². The molecule has 0 heterocycles. The Morgan fingerprint density at radius 3 is 1.41 bits per heavy atom. The van der Waals surface area contributed by atoms with Crippen LogP contribution in [0.3, 0.4) is 0 Å². The Balaban J connectivity index is 0.991. The molecular formula is C44H32O2. The van der Waals surface area contributed by atoms with Gasteiger partial charge in [-0.1, -0.05) is 170 Å². The Bertz CT molecular complexity index is 2120. The number of rotatable bonds is 4. The van der Waals surface area contributed by atoms with Crippen LogP contribution in [0.2, 0.25) is 0 Å². The Morgan fingerprint density at radius 2 is 0.848 bits per heavy atom. The highest BCUT2D eigenvalue weighted by atomic mass is 16.3. The molecule has 0 fully saturated rings. The predicted octanol–water partition coefficient (Wildman–Crippen LogP) is 9.36. The van der Waals surface area contributed by atoms with E-state index in [1.165, 1.54) is 5.56 Å². The fourth-order valence-corrected chi connectivity index (χ4v) is 8.16. The number of aliphatic hydroxyl groups is 2. The zero-order chi connectivity index (χ0) is 30.9. The van der Waals surface area contributed by atoms with Gasteiger partial charge in [0.05, 0.1) is 0 Å². The molecule has 6 aromatic carbocycles. The second-order valence-corrected chi connectivity index (χ2v) is 12.7. The first-order valence-corrected chi connectivity index (χ1v) is 16.0. The summed E-state index contributed by atoms with van der Waals surface area (Å²) in [5, 5.41) is 24.4. The molecule has 2 heteroatoms. The number of hydrogen-bond donors (Lipinski definition) is 2. The highest BCUT2D eigenvalue weighted by molar-refractivity contribution is 5.82. The van der Waals surface area contributed by atoms with E-state index < -0.39 is 11.2 Å². The zero-order valence-corrected chi connectivity index (χ0v) is 25.2. The Morgan fingerprint density at radius 1 is 0.413 bits per heavy atom. The maximum Gasteiger partial charge on any atom is 0.141 e. The fourth-order valence-electron chi connectivity index (χ4n) is 8.16. The molecule has 3 unspecified atom stereocenters. The van der Waals surface area contributed by atoms with Crippen molar-refractivity contribution in [1.82, 2.24) is 0 Å². The van der Waals surface area contributed by atoms with Crippen molar-refractivity contribution < 1.29 is 10.2 Å². The zero-order valence-electron chi connectivity index (χ0n) is 25.2. The standard InChI is InChI=1S/C44H32O2/c45-43(39-13-5-1-9-35(39)36-10-2-6-14-40(36)43)33-25-21-31(22-26-33)29-17-19-30(20-18-29)32-23-27-34(28-24-32)44(46)41-15-7-3-11-37(41)38-12-4-8-16-42(38)44/h1-28,35,39,45-46H. The molecule has 0 saturated carbocycles. The minimum absolute atomic E-state index is 0.0229. The van der Waals surface area contributed by atoms with E-state index in [1.54, 1.807) is 0 Å². The number of allylic oxidation sites excluding steroid dienone is 3. The normalized spacial score (nSPS) is 21.3. The van der Waals surface area contributed by atoms with Crippen molar-refractivity contribution in [3.63, 3.8) is 0 Å². The summed E-state index contributed by atoms with van der Waals surface area (Å²) in [4.78, 5) is 0. The van der Waals surface area contributed by atoms with E-state index >= 15 is 0 Å². The van der Waals surface area contributed by atoms with Crippen molar-refractivity contribution in [3.05, 3.63) is 203 Å².